The standard InChI is InChI=1S/C15H16F2N2/c1-19(14-4-2-3-11(7-14)9-18)10-12-5-6-13(16)8-15(12)17/h2-8H,9-10,18H2,1H3. The second-order valence-electron chi connectivity index (χ2n) is 4.47. The molecule has 19 heavy (non-hydrogen) atoms. The monoisotopic (exact) mass is 262 g/mol. The van der Waals surface area contributed by atoms with E-state index in [4.69, 9.17) is 5.73 Å². The molecule has 2 aromatic carbocycles. The summed E-state index contributed by atoms with van der Waals surface area (Å²) < 4.78 is 26.4. The first-order valence-corrected chi connectivity index (χ1v) is 6.04. The molecule has 0 unspecified atom stereocenters. The molecule has 4 heteroatoms. The summed E-state index contributed by atoms with van der Waals surface area (Å²) >= 11 is 0. The first-order chi connectivity index (χ1) is 9.10. The molecule has 0 radical (unpaired) electrons. The molecule has 2 N–H and O–H groups in total. The van der Waals surface area contributed by atoms with Crippen molar-refractivity contribution in [1.82, 2.24) is 0 Å². The molecule has 0 spiro atoms. The largest absolute Gasteiger partial charge is 0.370 e. The summed E-state index contributed by atoms with van der Waals surface area (Å²) in [4.78, 5) is 1.90. The van der Waals surface area contributed by atoms with Crippen LogP contribution in [0.25, 0.3) is 0 Å². The molecule has 2 aromatic rings. The third kappa shape index (κ3) is 3.29. The molecule has 0 aliphatic heterocycles. The highest BCUT2D eigenvalue weighted by Crippen LogP contribution is 2.19. The third-order valence-electron chi connectivity index (χ3n) is 3.01. The highest BCUT2D eigenvalue weighted by Gasteiger charge is 2.08. The Balaban J connectivity index is 2.17. The number of halogens is 2. The zero-order valence-electron chi connectivity index (χ0n) is 10.7. The smallest absolute Gasteiger partial charge is 0.131 e. The minimum absolute atomic E-state index is 0.375. The van der Waals surface area contributed by atoms with E-state index in [1.165, 1.54) is 12.1 Å². The highest BCUT2D eigenvalue weighted by molar-refractivity contribution is 5.48. The van der Waals surface area contributed by atoms with Crippen molar-refractivity contribution in [3.63, 3.8) is 0 Å². The van der Waals surface area contributed by atoms with Crippen LogP contribution in [0.5, 0.6) is 0 Å². The Labute approximate surface area is 111 Å². The zero-order valence-corrected chi connectivity index (χ0v) is 10.7. The predicted molar refractivity (Wildman–Crippen MR) is 72.8 cm³/mol. The van der Waals surface area contributed by atoms with Gasteiger partial charge in [-0.05, 0) is 23.8 Å². The fourth-order valence-electron chi connectivity index (χ4n) is 1.92. The Bertz CT molecular complexity index is 570. The second-order valence-corrected chi connectivity index (χ2v) is 4.47. The molecule has 0 atom stereocenters. The first-order valence-electron chi connectivity index (χ1n) is 6.04. The quantitative estimate of drug-likeness (QED) is 0.917. The minimum atomic E-state index is -0.561. The lowest BCUT2D eigenvalue weighted by Gasteiger charge is -2.20. The maximum Gasteiger partial charge on any atom is 0.131 e. The normalized spacial score (nSPS) is 10.5. The van der Waals surface area contributed by atoms with E-state index in [-0.39, 0.29) is 0 Å². The molecule has 0 bridgehead atoms. The summed E-state index contributed by atoms with van der Waals surface area (Å²) in [7, 11) is 1.86. The van der Waals surface area contributed by atoms with Crippen LogP contribution in [-0.4, -0.2) is 7.05 Å². The number of benzene rings is 2. The minimum Gasteiger partial charge on any atom is -0.370 e. The van der Waals surface area contributed by atoms with Gasteiger partial charge in [-0.15, -0.1) is 0 Å². The van der Waals surface area contributed by atoms with Crippen LogP contribution in [0.4, 0.5) is 14.5 Å². The van der Waals surface area contributed by atoms with Crippen LogP contribution in [0.15, 0.2) is 42.5 Å². The molecule has 2 rings (SSSR count). The van der Waals surface area contributed by atoms with Gasteiger partial charge in [-0.3, -0.25) is 0 Å². The summed E-state index contributed by atoms with van der Waals surface area (Å²) in [5.41, 5.74) is 8.02. The highest BCUT2D eigenvalue weighted by atomic mass is 19.1. The average Bonchev–Trinajstić information content (AvgIpc) is 2.42. The Morgan fingerprint density at radius 3 is 2.58 bits per heavy atom. The second kappa shape index (κ2) is 5.80. The van der Waals surface area contributed by atoms with Crippen molar-refractivity contribution in [2.75, 3.05) is 11.9 Å². The molecule has 0 fully saturated rings. The summed E-state index contributed by atoms with van der Waals surface area (Å²) in [6, 6.07) is 11.4. The van der Waals surface area contributed by atoms with Gasteiger partial charge in [0.15, 0.2) is 0 Å². The molecule has 0 aliphatic rings. The van der Waals surface area contributed by atoms with E-state index in [1.54, 1.807) is 0 Å². The number of nitrogens with zero attached hydrogens (tertiary/aromatic N) is 1. The van der Waals surface area contributed by atoms with Crippen molar-refractivity contribution >= 4 is 5.69 Å². The van der Waals surface area contributed by atoms with Gasteiger partial charge in [-0.2, -0.15) is 0 Å². The van der Waals surface area contributed by atoms with E-state index in [2.05, 4.69) is 0 Å². The zero-order chi connectivity index (χ0) is 13.8. The average molecular weight is 262 g/mol. The molecule has 0 saturated carbocycles. The van der Waals surface area contributed by atoms with E-state index in [9.17, 15) is 8.78 Å². The van der Waals surface area contributed by atoms with Gasteiger partial charge in [0.05, 0.1) is 0 Å². The molecule has 100 valence electrons. The van der Waals surface area contributed by atoms with E-state index in [1.807, 2.05) is 36.2 Å². The molecule has 0 aliphatic carbocycles. The molecule has 0 aromatic heterocycles. The van der Waals surface area contributed by atoms with Crippen LogP contribution in [0.3, 0.4) is 0 Å². The summed E-state index contributed by atoms with van der Waals surface area (Å²) in [6.07, 6.45) is 0. The van der Waals surface area contributed by atoms with Crippen molar-refractivity contribution in [3.8, 4) is 0 Å². The number of rotatable bonds is 4. The summed E-state index contributed by atoms with van der Waals surface area (Å²) in [5.74, 6) is -1.09. The van der Waals surface area contributed by atoms with Crippen LogP contribution in [0.2, 0.25) is 0 Å². The van der Waals surface area contributed by atoms with E-state index in [0.29, 0.717) is 18.7 Å². The van der Waals surface area contributed by atoms with Crippen molar-refractivity contribution in [2.45, 2.75) is 13.1 Å². The van der Waals surface area contributed by atoms with E-state index < -0.39 is 11.6 Å². The van der Waals surface area contributed by atoms with Crippen molar-refractivity contribution in [3.05, 3.63) is 65.2 Å². The van der Waals surface area contributed by atoms with Gasteiger partial charge in [0.25, 0.3) is 0 Å². The lowest BCUT2D eigenvalue weighted by atomic mass is 10.1. The van der Waals surface area contributed by atoms with Gasteiger partial charge < -0.3 is 10.6 Å². The Hall–Kier alpha value is -1.94. The van der Waals surface area contributed by atoms with Crippen LogP contribution in [0.1, 0.15) is 11.1 Å². The maximum atomic E-state index is 13.6. The van der Waals surface area contributed by atoms with Crippen LogP contribution < -0.4 is 10.6 Å². The van der Waals surface area contributed by atoms with Gasteiger partial charge in [0.2, 0.25) is 0 Å². The molecule has 0 saturated heterocycles. The number of hydrogen-bond donors (Lipinski definition) is 1. The topological polar surface area (TPSA) is 29.3 Å². The van der Waals surface area contributed by atoms with E-state index >= 15 is 0 Å². The SMILES string of the molecule is CN(Cc1ccc(F)cc1F)c1cccc(CN)c1. The fourth-order valence-corrected chi connectivity index (χ4v) is 1.92. The lowest BCUT2D eigenvalue weighted by Crippen LogP contribution is -2.17. The van der Waals surface area contributed by atoms with Crippen LogP contribution >= 0.6 is 0 Å². The Morgan fingerprint density at radius 2 is 1.89 bits per heavy atom. The molecule has 2 nitrogen and oxygen atoms in total. The van der Waals surface area contributed by atoms with Gasteiger partial charge in [-0.1, -0.05) is 18.2 Å². The van der Waals surface area contributed by atoms with Gasteiger partial charge in [0, 0.05) is 37.5 Å². The summed E-state index contributed by atoms with van der Waals surface area (Å²) in [6.45, 7) is 0.840. The van der Waals surface area contributed by atoms with Crippen molar-refractivity contribution in [2.24, 2.45) is 5.73 Å². The van der Waals surface area contributed by atoms with Gasteiger partial charge >= 0.3 is 0 Å². The number of hydrogen-bond acceptors (Lipinski definition) is 2. The molecule has 0 heterocycles. The van der Waals surface area contributed by atoms with Crippen molar-refractivity contribution in [1.29, 1.82) is 0 Å². The van der Waals surface area contributed by atoms with Gasteiger partial charge in [0.1, 0.15) is 11.6 Å². The summed E-state index contributed by atoms with van der Waals surface area (Å²) in [5, 5.41) is 0. The Morgan fingerprint density at radius 1 is 1.11 bits per heavy atom. The van der Waals surface area contributed by atoms with Crippen molar-refractivity contribution < 1.29 is 8.78 Å². The Kier molecular flexibility index (Phi) is 4.12. The van der Waals surface area contributed by atoms with Gasteiger partial charge in [-0.25, -0.2) is 8.78 Å². The third-order valence-corrected chi connectivity index (χ3v) is 3.01. The number of nitrogens with two attached hydrogens (primary N) is 1. The first kappa shape index (κ1) is 13.5. The predicted octanol–water partition coefficient (Wildman–Crippen LogP) is 3.06. The molecular formula is C15H16F2N2. The lowest BCUT2D eigenvalue weighted by molar-refractivity contribution is 0.571. The molecular weight excluding hydrogens is 246 g/mol. The van der Waals surface area contributed by atoms with E-state index in [0.717, 1.165) is 17.3 Å². The fraction of sp³-hybridized carbons (Fsp3) is 0.200. The number of anilines is 1. The van der Waals surface area contributed by atoms with Crippen LogP contribution in [0, 0.1) is 11.6 Å². The molecule has 0 amide bonds. The maximum absolute atomic E-state index is 13.6. The van der Waals surface area contributed by atoms with Crippen LogP contribution in [-0.2, 0) is 13.1 Å².